The maximum absolute atomic E-state index is 14.7. The van der Waals surface area contributed by atoms with Crippen molar-refractivity contribution in [1.29, 1.82) is 0 Å². The van der Waals surface area contributed by atoms with Crippen molar-refractivity contribution >= 4 is 11.8 Å². The number of benzene rings is 2. The molecular weight excluding hydrogens is 431 g/mol. The minimum absolute atomic E-state index is 0.0268. The highest BCUT2D eigenvalue weighted by molar-refractivity contribution is 5.97. The second-order valence-corrected chi connectivity index (χ2v) is 10.1. The summed E-state index contributed by atoms with van der Waals surface area (Å²) in [6, 6.07) is 13.8. The standard InChI is InChI=1S/C27H33FN4O2/c1-29(2)24-16-32(23-12-11-19-5-4-6-22(28)26(19)23)15-21(24)18-7-9-20(10-8-18)27(34)31-14-13-30(3)25(33)17-31/h4-10,21,23-24H,11-17H2,1-3H3/t21-,23?,24+/m1/s1. The molecule has 0 saturated carbocycles. The third kappa shape index (κ3) is 4.12. The molecule has 0 bridgehead atoms. The first-order valence-corrected chi connectivity index (χ1v) is 12.1. The zero-order valence-corrected chi connectivity index (χ0v) is 20.2. The fourth-order valence-electron chi connectivity index (χ4n) is 5.88. The molecule has 0 radical (unpaired) electrons. The first-order valence-electron chi connectivity index (χ1n) is 12.1. The van der Waals surface area contributed by atoms with E-state index >= 15 is 0 Å². The van der Waals surface area contributed by atoms with E-state index in [1.54, 1.807) is 22.9 Å². The molecule has 7 heteroatoms. The summed E-state index contributed by atoms with van der Waals surface area (Å²) in [5.41, 5.74) is 3.83. The highest BCUT2D eigenvalue weighted by Crippen LogP contribution is 2.42. The Balaban J connectivity index is 1.33. The molecule has 2 aromatic rings. The zero-order valence-electron chi connectivity index (χ0n) is 20.2. The van der Waals surface area contributed by atoms with Crippen LogP contribution in [0.25, 0.3) is 0 Å². The lowest BCUT2D eigenvalue weighted by Crippen LogP contribution is -2.50. The first-order chi connectivity index (χ1) is 16.3. The van der Waals surface area contributed by atoms with Crippen LogP contribution in [0.5, 0.6) is 0 Å². The van der Waals surface area contributed by atoms with Crippen molar-refractivity contribution in [2.75, 3.05) is 53.9 Å². The molecule has 3 aliphatic rings. The van der Waals surface area contributed by atoms with Crippen LogP contribution in [0, 0.1) is 5.82 Å². The van der Waals surface area contributed by atoms with E-state index in [9.17, 15) is 14.0 Å². The number of hydrogen-bond donors (Lipinski definition) is 0. The average molecular weight is 465 g/mol. The van der Waals surface area contributed by atoms with E-state index < -0.39 is 0 Å². The van der Waals surface area contributed by atoms with Crippen molar-refractivity contribution in [2.45, 2.75) is 30.8 Å². The highest BCUT2D eigenvalue weighted by atomic mass is 19.1. The summed E-state index contributed by atoms with van der Waals surface area (Å²) in [5.74, 6) is 0.0690. The van der Waals surface area contributed by atoms with Crippen LogP contribution in [-0.4, -0.2) is 91.3 Å². The van der Waals surface area contributed by atoms with Gasteiger partial charge in [0.25, 0.3) is 5.91 Å². The van der Waals surface area contributed by atoms with Crippen molar-refractivity contribution in [2.24, 2.45) is 0 Å². The molecule has 34 heavy (non-hydrogen) atoms. The third-order valence-electron chi connectivity index (χ3n) is 7.92. The van der Waals surface area contributed by atoms with Gasteiger partial charge in [0.15, 0.2) is 0 Å². The number of amides is 2. The molecular formula is C27H33FN4O2. The van der Waals surface area contributed by atoms with Crippen LogP contribution in [0.1, 0.15) is 45.4 Å². The van der Waals surface area contributed by atoms with Gasteiger partial charge in [-0.25, -0.2) is 4.39 Å². The molecule has 2 aliphatic heterocycles. The molecule has 6 nitrogen and oxygen atoms in total. The molecule has 3 atom stereocenters. The number of hydrogen-bond acceptors (Lipinski definition) is 4. The van der Waals surface area contributed by atoms with Gasteiger partial charge in [-0.15, -0.1) is 0 Å². The van der Waals surface area contributed by atoms with Gasteiger partial charge in [-0.1, -0.05) is 24.3 Å². The summed E-state index contributed by atoms with van der Waals surface area (Å²) >= 11 is 0. The molecule has 0 spiro atoms. The van der Waals surface area contributed by atoms with Crippen LogP contribution < -0.4 is 0 Å². The molecule has 1 aliphatic carbocycles. The number of aryl methyl sites for hydroxylation is 1. The van der Waals surface area contributed by atoms with Gasteiger partial charge in [-0.05, 0) is 56.3 Å². The number of nitrogens with zero attached hydrogens (tertiary/aromatic N) is 4. The van der Waals surface area contributed by atoms with E-state index in [1.807, 2.05) is 18.2 Å². The number of piperazine rings is 1. The molecule has 0 aromatic heterocycles. The molecule has 180 valence electrons. The number of halogens is 1. The Morgan fingerprint density at radius 3 is 2.53 bits per heavy atom. The normalized spacial score (nSPS) is 25.3. The van der Waals surface area contributed by atoms with Crippen molar-refractivity contribution in [3.05, 3.63) is 70.5 Å². The lowest BCUT2D eigenvalue weighted by Gasteiger charge is -2.32. The Bertz CT molecular complexity index is 1090. The quantitative estimate of drug-likeness (QED) is 0.698. The van der Waals surface area contributed by atoms with E-state index in [-0.39, 0.29) is 36.1 Å². The smallest absolute Gasteiger partial charge is 0.254 e. The molecule has 2 amide bonds. The van der Waals surface area contributed by atoms with E-state index in [1.165, 1.54) is 5.56 Å². The topological polar surface area (TPSA) is 47.1 Å². The number of likely N-dealkylation sites (tertiary alicyclic amines) is 1. The molecule has 2 heterocycles. The van der Waals surface area contributed by atoms with Crippen molar-refractivity contribution < 1.29 is 14.0 Å². The third-order valence-corrected chi connectivity index (χ3v) is 7.92. The Hall–Kier alpha value is -2.77. The van der Waals surface area contributed by atoms with Gasteiger partial charge in [0.2, 0.25) is 5.91 Å². The summed E-state index contributed by atoms with van der Waals surface area (Å²) in [4.78, 5) is 32.9. The molecule has 2 aromatic carbocycles. The Labute approximate surface area is 200 Å². The molecule has 1 unspecified atom stereocenters. The Morgan fingerprint density at radius 2 is 1.82 bits per heavy atom. The van der Waals surface area contributed by atoms with E-state index in [4.69, 9.17) is 0 Å². The maximum atomic E-state index is 14.7. The molecule has 2 saturated heterocycles. The van der Waals surface area contributed by atoms with Gasteiger partial charge < -0.3 is 14.7 Å². The highest BCUT2D eigenvalue weighted by Gasteiger charge is 2.41. The van der Waals surface area contributed by atoms with E-state index in [0.717, 1.165) is 37.1 Å². The fraction of sp³-hybridized carbons (Fsp3) is 0.481. The van der Waals surface area contributed by atoms with Crippen LogP contribution in [0.3, 0.4) is 0 Å². The van der Waals surface area contributed by atoms with Crippen molar-refractivity contribution in [3.63, 3.8) is 0 Å². The summed E-state index contributed by atoms with van der Waals surface area (Å²) in [7, 11) is 5.98. The minimum Gasteiger partial charge on any atom is -0.342 e. The number of carbonyl (C=O) groups is 2. The van der Waals surface area contributed by atoms with Crippen LogP contribution in [0.2, 0.25) is 0 Å². The van der Waals surface area contributed by atoms with Crippen molar-refractivity contribution in [3.8, 4) is 0 Å². The minimum atomic E-state index is -0.0942. The van der Waals surface area contributed by atoms with Crippen LogP contribution in [0.15, 0.2) is 42.5 Å². The van der Waals surface area contributed by atoms with Gasteiger partial charge in [0.05, 0.1) is 0 Å². The van der Waals surface area contributed by atoms with Crippen LogP contribution in [-0.2, 0) is 11.2 Å². The summed E-state index contributed by atoms with van der Waals surface area (Å²) in [6.07, 6.45) is 1.89. The summed E-state index contributed by atoms with van der Waals surface area (Å²) in [6.45, 7) is 3.01. The van der Waals surface area contributed by atoms with Gasteiger partial charge in [-0.3, -0.25) is 14.5 Å². The predicted molar refractivity (Wildman–Crippen MR) is 129 cm³/mol. The molecule has 2 fully saturated rings. The number of rotatable bonds is 4. The summed E-state index contributed by atoms with van der Waals surface area (Å²) < 4.78 is 14.7. The first kappa shape index (κ1) is 23.0. The fourth-order valence-corrected chi connectivity index (χ4v) is 5.88. The summed E-state index contributed by atoms with van der Waals surface area (Å²) in [5, 5.41) is 0. The number of fused-ring (bicyclic) bond motifs is 1. The zero-order chi connectivity index (χ0) is 24.0. The second-order valence-electron chi connectivity index (χ2n) is 10.1. The largest absolute Gasteiger partial charge is 0.342 e. The lowest BCUT2D eigenvalue weighted by atomic mass is 9.93. The van der Waals surface area contributed by atoms with Crippen LogP contribution in [0.4, 0.5) is 4.39 Å². The number of carbonyl (C=O) groups excluding carboxylic acids is 2. The van der Waals surface area contributed by atoms with Crippen LogP contribution >= 0.6 is 0 Å². The maximum Gasteiger partial charge on any atom is 0.254 e. The average Bonchev–Trinajstić information content (AvgIpc) is 3.46. The van der Waals surface area contributed by atoms with Gasteiger partial charge in [0.1, 0.15) is 12.4 Å². The van der Waals surface area contributed by atoms with Gasteiger partial charge >= 0.3 is 0 Å². The van der Waals surface area contributed by atoms with E-state index in [0.29, 0.717) is 24.7 Å². The predicted octanol–water partition coefficient (Wildman–Crippen LogP) is 2.76. The molecule has 0 N–H and O–H groups in total. The molecule has 5 rings (SSSR count). The Morgan fingerprint density at radius 1 is 1.06 bits per heavy atom. The SMILES string of the molecule is CN1CCN(C(=O)c2ccc([C@H]3CN(C4CCc5cccc(F)c54)C[C@@H]3N(C)C)cc2)CC1=O. The lowest BCUT2D eigenvalue weighted by molar-refractivity contribution is -0.133. The Kier molecular flexibility index (Phi) is 6.16. The van der Waals surface area contributed by atoms with Gasteiger partial charge in [-0.2, -0.15) is 0 Å². The monoisotopic (exact) mass is 464 g/mol. The van der Waals surface area contributed by atoms with Gasteiger partial charge in [0, 0.05) is 62.4 Å². The van der Waals surface area contributed by atoms with E-state index in [2.05, 4.69) is 42.1 Å². The van der Waals surface area contributed by atoms with Crippen molar-refractivity contribution in [1.82, 2.24) is 19.6 Å². The second kappa shape index (κ2) is 9.12. The number of likely N-dealkylation sites (N-methyl/N-ethyl adjacent to an activating group) is 2.